The molecule has 0 fully saturated rings. The molecule has 2 aromatic carbocycles. The molecule has 1 heterocycles. The van der Waals surface area contributed by atoms with Gasteiger partial charge in [-0.15, -0.1) is 11.8 Å². The number of aliphatic imine (C=N–C) groups is 1. The lowest BCUT2D eigenvalue weighted by Crippen LogP contribution is -2.67. The minimum atomic E-state index is -2.46. The molecule has 1 aliphatic rings. The minimum Gasteiger partial charge on any atom is -0.405 e. The Morgan fingerprint density at radius 2 is 1.58 bits per heavy atom. The summed E-state index contributed by atoms with van der Waals surface area (Å²) in [6.07, 6.45) is 6.71. The van der Waals surface area contributed by atoms with Crippen LogP contribution in [0, 0.1) is 11.8 Å². The summed E-state index contributed by atoms with van der Waals surface area (Å²) in [4.78, 5) is 5.06. The summed E-state index contributed by atoms with van der Waals surface area (Å²) < 4.78 is 7.07. The van der Waals surface area contributed by atoms with E-state index in [1.54, 1.807) is 0 Å². The molecule has 0 aliphatic carbocycles. The first-order chi connectivity index (χ1) is 15.0. The van der Waals surface area contributed by atoms with Crippen LogP contribution in [0.25, 0.3) is 0 Å². The van der Waals surface area contributed by atoms with E-state index >= 15 is 0 Å². The summed E-state index contributed by atoms with van der Waals surface area (Å²) in [5.41, 5.74) is 1.38. The summed E-state index contributed by atoms with van der Waals surface area (Å²) >= 11 is 0. The van der Waals surface area contributed by atoms with E-state index in [0.717, 1.165) is 25.7 Å². The van der Waals surface area contributed by atoms with E-state index in [0.29, 0.717) is 6.61 Å². The van der Waals surface area contributed by atoms with Crippen molar-refractivity contribution in [2.24, 2.45) is 4.99 Å². The zero-order chi connectivity index (χ0) is 22.2. The molecule has 3 rings (SSSR count). The predicted molar refractivity (Wildman–Crippen MR) is 136 cm³/mol. The molecule has 0 bridgehead atoms. The number of nitrogens with zero attached hydrogens (tertiary/aromatic N) is 1. The van der Waals surface area contributed by atoms with Gasteiger partial charge < -0.3 is 4.43 Å². The third-order valence-corrected chi connectivity index (χ3v) is 11.2. The van der Waals surface area contributed by atoms with Crippen molar-refractivity contribution in [1.29, 1.82) is 0 Å². The van der Waals surface area contributed by atoms with E-state index in [2.05, 4.69) is 93.3 Å². The number of unbranched alkanes of at least 4 members (excludes halogenated alkanes) is 2. The maximum absolute atomic E-state index is 7.07. The molecule has 2 nitrogen and oxygen atoms in total. The molecule has 0 unspecified atom stereocenters. The Morgan fingerprint density at radius 1 is 0.968 bits per heavy atom. The molecule has 0 spiro atoms. The van der Waals surface area contributed by atoms with E-state index in [-0.39, 0.29) is 11.1 Å². The highest BCUT2D eigenvalue weighted by Crippen LogP contribution is 2.37. The lowest BCUT2D eigenvalue weighted by atomic mass is 10.1. The first-order valence-electron chi connectivity index (χ1n) is 11.7. The summed E-state index contributed by atoms with van der Waals surface area (Å²) in [5.74, 6) is 6.14. The molecule has 0 saturated carbocycles. The maximum atomic E-state index is 7.07. The molecule has 0 amide bonds. The average molecular weight is 432 g/mol. The highest BCUT2D eigenvalue weighted by Gasteiger charge is 2.50. The Hall–Kier alpha value is -2.15. The lowest BCUT2D eigenvalue weighted by Gasteiger charge is -2.43. The molecule has 1 aliphatic heterocycles. The highest BCUT2D eigenvalue weighted by atomic mass is 28.4. The first kappa shape index (κ1) is 23.5. The maximum Gasteiger partial charge on any atom is 0.261 e. The topological polar surface area (TPSA) is 21.6 Å². The Morgan fingerprint density at radius 3 is 2.13 bits per heavy atom. The van der Waals surface area contributed by atoms with Gasteiger partial charge in [0.05, 0.1) is 12.6 Å². The van der Waals surface area contributed by atoms with Gasteiger partial charge >= 0.3 is 0 Å². The quantitative estimate of drug-likeness (QED) is 0.281. The zero-order valence-corrected chi connectivity index (χ0v) is 20.7. The van der Waals surface area contributed by atoms with Crippen LogP contribution in [0.2, 0.25) is 5.04 Å². The van der Waals surface area contributed by atoms with Crippen molar-refractivity contribution in [2.45, 2.75) is 77.3 Å². The van der Waals surface area contributed by atoms with Crippen molar-refractivity contribution < 1.29 is 4.43 Å². The van der Waals surface area contributed by atoms with Gasteiger partial charge in [0.2, 0.25) is 0 Å². The number of hydrogen-bond acceptors (Lipinski definition) is 2. The Labute approximate surface area is 190 Å². The number of rotatable bonds is 9. The normalized spacial score (nSPS) is 16.5. The summed E-state index contributed by atoms with van der Waals surface area (Å²) in [6, 6.07) is 22.1. The average Bonchev–Trinajstić information content (AvgIpc) is 3.22. The van der Waals surface area contributed by atoms with E-state index in [9.17, 15) is 0 Å². The molecule has 2 aromatic rings. The molecule has 0 saturated heterocycles. The van der Waals surface area contributed by atoms with Crippen LogP contribution in [0.3, 0.4) is 0 Å². The second-order valence-corrected chi connectivity index (χ2v) is 13.8. The first-order valence-corrected chi connectivity index (χ1v) is 13.6. The molecule has 31 heavy (non-hydrogen) atoms. The summed E-state index contributed by atoms with van der Waals surface area (Å²) in [7, 11) is -2.46. The van der Waals surface area contributed by atoms with Crippen molar-refractivity contribution in [3.63, 3.8) is 0 Å². The summed E-state index contributed by atoms with van der Waals surface area (Å²) in [5, 5.41) is 2.70. The van der Waals surface area contributed by atoms with Gasteiger partial charge in [0, 0.05) is 12.1 Å². The number of hydrogen-bond donors (Lipinski definition) is 0. The minimum absolute atomic E-state index is 0.0150. The van der Waals surface area contributed by atoms with Crippen LogP contribution in [0.15, 0.2) is 65.7 Å². The van der Waals surface area contributed by atoms with Crippen LogP contribution in [0.5, 0.6) is 0 Å². The van der Waals surface area contributed by atoms with E-state index in [4.69, 9.17) is 9.42 Å². The molecule has 3 heteroatoms. The zero-order valence-electron chi connectivity index (χ0n) is 19.7. The van der Waals surface area contributed by atoms with Crippen molar-refractivity contribution in [3.8, 4) is 11.8 Å². The third kappa shape index (κ3) is 5.76. The van der Waals surface area contributed by atoms with Crippen molar-refractivity contribution in [3.05, 3.63) is 60.7 Å². The largest absolute Gasteiger partial charge is 0.405 e. The van der Waals surface area contributed by atoms with Crippen LogP contribution in [0.1, 0.15) is 66.2 Å². The molecule has 0 aromatic heterocycles. The van der Waals surface area contributed by atoms with Gasteiger partial charge in [0.15, 0.2) is 0 Å². The molecule has 0 N–H and O–H groups in total. The SMILES string of the molecule is CC#CCCCCC1=N[C@H](CO[Si](c2ccccc2)(c2ccccc2)C(C)(C)C)CC1. The van der Waals surface area contributed by atoms with Crippen LogP contribution in [-0.2, 0) is 4.43 Å². The van der Waals surface area contributed by atoms with Crippen LogP contribution >= 0.6 is 0 Å². The highest BCUT2D eigenvalue weighted by molar-refractivity contribution is 6.99. The van der Waals surface area contributed by atoms with E-state index < -0.39 is 8.32 Å². The van der Waals surface area contributed by atoms with Gasteiger partial charge in [-0.25, -0.2) is 0 Å². The standard InChI is InChI=1S/C28H37NOSi/c1-5-6-7-8-11-16-24-21-22-25(29-24)23-30-31(28(2,3)4,26-17-12-9-13-18-26)27-19-14-10-15-20-27/h9-10,12-15,17-20,25H,7-8,11,16,21-23H2,1-4H3/t25-/m0/s1. The molecular formula is C28H37NOSi. The molecule has 164 valence electrons. The van der Waals surface area contributed by atoms with Crippen molar-refractivity contribution >= 4 is 24.4 Å². The van der Waals surface area contributed by atoms with Crippen molar-refractivity contribution in [1.82, 2.24) is 0 Å². The Balaban J connectivity index is 1.78. The van der Waals surface area contributed by atoms with Gasteiger partial charge in [-0.05, 0) is 54.4 Å². The van der Waals surface area contributed by atoms with Gasteiger partial charge in [-0.2, -0.15) is 0 Å². The fourth-order valence-corrected chi connectivity index (χ4v) is 9.28. The van der Waals surface area contributed by atoms with Crippen LogP contribution < -0.4 is 10.4 Å². The van der Waals surface area contributed by atoms with Crippen LogP contribution in [0.4, 0.5) is 0 Å². The van der Waals surface area contributed by atoms with Gasteiger partial charge in [-0.3, -0.25) is 4.99 Å². The summed E-state index contributed by atoms with van der Waals surface area (Å²) in [6.45, 7) is 9.63. The van der Waals surface area contributed by atoms with Gasteiger partial charge in [0.25, 0.3) is 8.32 Å². The van der Waals surface area contributed by atoms with E-state index in [1.807, 2.05) is 6.92 Å². The Kier molecular flexibility index (Phi) is 8.29. The smallest absolute Gasteiger partial charge is 0.261 e. The predicted octanol–water partition coefficient (Wildman–Crippen LogP) is 5.75. The lowest BCUT2D eigenvalue weighted by molar-refractivity contribution is 0.272. The van der Waals surface area contributed by atoms with Crippen molar-refractivity contribution in [2.75, 3.05) is 6.61 Å². The second kappa shape index (κ2) is 10.9. The number of benzene rings is 2. The fourth-order valence-electron chi connectivity index (χ4n) is 4.68. The Bertz CT molecular complexity index is 863. The van der Waals surface area contributed by atoms with Gasteiger partial charge in [0.1, 0.15) is 0 Å². The second-order valence-electron chi connectivity index (χ2n) is 9.50. The van der Waals surface area contributed by atoms with Gasteiger partial charge in [-0.1, -0.05) is 81.4 Å². The fraction of sp³-hybridized carbons (Fsp3) is 0.464. The monoisotopic (exact) mass is 431 g/mol. The van der Waals surface area contributed by atoms with Crippen LogP contribution in [-0.4, -0.2) is 26.7 Å². The van der Waals surface area contributed by atoms with E-state index in [1.165, 1.54) is 28.9 Å². The molecular weight excluding hydrogens is 394 g/mol. The molecule has 1 atom stereocenters. The molecule has 0 radical (unpaired) electrons. The third-order valence-electron chi connectivity index (χ3n) is 6.23.